The molecule has 0 bridgehead atoms. The van der Waals surface area contributed by atoms with E-state index in [4.69, 9.17) is 15.0 Å². The number of hydrogen-bond donors (Lipinski definition) is 0. The number of hydrogen-bond acceptors (Lipinski definition) is 3. The van der Waals surface area contributed by atoms with Gasteiger partial charge in [-0.25, -0.2) is 15.0 Å². The standard InChI is InChI=1S/C52H36N4/c1-52(2)44-23-13-11-21-39(44)42-31-43-40-22-12-14-24-46(40)56(48(43)32-45(42)52)47-28-27-38(30-41(47)37-26-25-33-15-9-10-20-36(33)29-37)51-54-49(34-16-5-3-6-17-34)53-50(55-51)35-18-7-4-8-19-35/h3-32H,1-2H3. The minimum atomic E-state index is -0.127. The molecule has 0 saturated carbocycles. The van der Waals surface area contributed by atoms with Gasteiger partial charge in [-0.1, -0.05) is 153 Å². The average Bonchev–Trinajstić information content (AvgIpc) is 3.70. The van der Waals surface area contributed by atoms with Crippen LogP contribution in [0, 0.1) is 0 Å². The normalized spacial score (nSPS) is 13.0. The molecule has 4 heteroatoms. The fraction of sp³-hybridized carbons (Fsp3) is 0.0577. The maximum absolute atomic E-state index is 5.12. The SMILES string of the molecule is CC1(C)c2ccccc2-c2cc3c4ccccc4n(-c4ccc(-c5nc(-c6ccccc6)nc(-c6ccccc6)n5)cc4-c4ccc5ccccc5c4)c3cc21. The third kappa shape index (κ3) is 5.03. The number of benzene rings is 8. The van der Waals surface area contributed by atoms with Crippen LogP contribution in [0.2, 0.25) is 0 Å². The topological polar surface area (TPSA) is 43.6 Å². The first-order chi connectivity index (χ1) is 27.5. The summed E-state index contributed by atoms with van der Waals surface area (Å²) in [5.41, 5.74) is 13.8. The molecule has 0 N–H and O–H groups in total. The van der Waals surface area contributed by atoms with Crippen LogP contribution in [0.1, 0.15) is 25.0 Å². The van der Waals surface area contributed by atoms with Gasteiger partial charge >= 0.3 is 0 Å². The van der Waals surface area contributed by atoms with Gasteiger partial charge in [0.25, 0.3) is 0 Å². The van der Waals surface area contributed by atoms with Crippen molar-refractivity contribution in [2.75, 3.05) is 0 Å². The Labute approximate surface area is 325 Å². The van der Waals surface area contributed by atoms with Gasteiger partial charge in [-0.2, -0.15) is 0 Å². The Kier molecular flexibility index (Phi) is 7.17. The smallest absolute Gasteiger partial charge is 0.164 e. The molecule has 8 aromatic carbocycles. The van der Waals surface area contributed by atoms with E-state index in [9.17, 15) is 0 Å². The summed E-state index contributed by atoms with van der Waals surface area (Å²) in [6.45, 7) is 4.71. The molecule has 56 heavy (non-hydrogen) atoms. The Morgan fingerprint density at radius 3 is 1.73 bits per heavy atom. The molecule has 0 aliphatic heterocycles. The first-order valence-electron chi connectivity index (χ1n) is 19.2. The maximum Gasteiger partial charge on any atom is 0.164 e. The first kappa shape index (κ1) is 32.3. The van der Waals surface area contributed by atoms with Gasteiger partial charge in [0.2, 0.25) is 0 Å². The van der Waals surface area contributed by atoms with Gasteiger partial charge in [-0.3, -0.25) is 0 Å². The van der Waals surface area contributed by atoms with Crippen LogP contribution in [-0.4, -0.2) is 19.5 Å². The van der Waals surface area contributed by atoms with Crippen molar-refractivity contribution in [3.8, 4) is 62.1 Å². The van der Waals surface area contributed by atoms with Crippen molar-refractivity contribution < 1.29 is 0 Å². The molecule has 2 aromatic heterocycles. The lowest BCUT2D eigenvalue weighted by atomic mass is 9.82. The van der Waals surface area contributed by atoms with Gasteiger partial charge in [-0.15, -0.1) is 0 Å². The lowest BCUT2D eigenvalue weighted by Crippen LogP contribution is -2.15. The second kappa shape index (κ2) is 12.4. The van der Waals surface area contributed by atoms with Crippen molar-refractivity contribution in [3.05, 3.63) is 193 Å². The van der Waals surface area contributed by atoms with Crippen molar-refractivity contribution in [1.29, 1.82) is 0 Å². The van der Waals surface area contributed by atoms with E-state index in [1.54, 1.807) is 0 Å². The fourth-order valence-electron chi connectivity index (χ4n) is 8.82. The predicted octanol–water partition coefficient (Wildman–Crippen LogP) is 13.1. The summed E-state index contributed by atoms with van der Waals surface area (Å²) in [7, 11) is 0. The van der Waals surface area contributed by atoms with Crippen LogP contribution in [0.5, 0.6) is 0 Å². The van der Waals surface area contributed by atoms with Crippen molar-refractivity contribution in [2.24, 2.45) is 0 Å². The molecule has 11 rings (SSSR count). The maximum atomic E-state index is 5.12. The molecule has 0 saturated heterocycles. The first-order valence-corrected chi connectivity index (χ1v) is 19.2. The van der Waals surface area contributed by atoms with E-state index in [1.165, 1.54) is 54.8 Å². The zero-order chi connectivity index (χ0) is 37.4. The molecule has 10 aromatic rings. The number of rotatable bonds is 5. The summed E-state index contributed by atoms with van der Waals surface area (Å²) in [6, 6.07) is 65.0. The molecule has 1 aliphatic rings. The Bertz CT molecular complexity index is 3100. The van der Waals surface area contributed by atoms with Crippen LogP contribution in [0.3, 0.4) is 0 Å². The Morgan fingerprint density at radius 2 is 0.982 bits per heavy atom. The Morgan fingerprint density at radius 1 is 0.375 bits per heavy atom. The van der Waals surface area contributed by atoms with E-state index in [0.29, 0.717) is 17.5 Å². The highest BCUT2D eigenvalue weighted by Crippen LogP contribution is 2.51. The molecule has 264 valence electrons. The number of nitrogens with zero attached hydrogens (tertiary/aromatic N) is 4. The third-order valence-electron chi connectivity index (χ3n) is 11.6. The summed E-state index contributed by atoms with van der Waals surface area (Å²) in [5.74, 6) is 1.92. The molecule has 0 atom stereocenters. The monoisotopic (exact) mass is 716 g/mol. The second-order valence-electron chi connectivity index (χ2n) is 15.3. The van der Waals surface area contributed by atoms with Crippen LogP contribution in [-0.2, 0) is 5.41 Å². The summed E-state index contributed by atoms with van der Waals surface area (Å²) < 4.78 is 2.47. The molecule has 2 heterocycles. The van der Waals surface area contributed by atoms with Gasteiger partial charge in [0.15, 0.2) is 17.5 Å². The molecule has 0 spiro atoms. The highest BCUT2D eigenvalue weighted by atomic mass is 15.0. The van der Waals surface area contributed by atoms with Crippen LogP contribution >= 0.6 is 0 Å². The van der Waals surface area contributed by atoms with Crippen LogP contribution in [0.25, 0.3) is 94.7 Å². The molecule has 4 nitrogen and oxygen atoms in total. The van der Waals surface area contributed by atoms with Crippen molar-refractivity contribution >= 4 is 32.6 Å². The van der Waals surface area contributed by atoms with E-state index >= 15 is 0 Å². The largest absolute Gasteiger partial charge is 0.309 e. The molecule has 0 amide bonds. The average molecular weight is 717 g/mol. The lowest BCUT2D eigenvalue weighted by molar-refractivity contribution is 0.661. The van der Waals surface area contributed by atoms with Crippen LogP contribution in [0.15, 0.2) is 182 Å². The van der Waals surface area contributed by atoms with E-state index in [1.807, 2.05) is 36.4 Å². The third-order valence-corrected chi connectivity index (χ3v) is 11.6. The predicted molar refractivity (Wildman–Crippen MR) is 231 cm³/mol. The van der Waals surface area contributed by atoms with E-state index in [-0.39, 0.29) is 5.41 Å². The van der Waals surface area contributed by atoms with Gasteiger partial charge < -0.3 is 4.57 Å². The minimum Gasteiger partial charge on any atom is -0.309 e. The molecule has 0 unspecified atom stereocenters. The molecule has 0 radical (unpaired) electrons. The number of aromatic nitrogens is 4. The fourth-order valence-corrected chi connectivity index (χ4v) is 8.82. The summed E-state index contributed by atoms with van der Waals surface area (Å²) in [5, 5.41) is 4.89. The number of para-hydroxylation sites is 1. The van der Waals surface area contributed by atoms with E-state index < -0.39 is 0 Å². The summed E-state index contributed by atoms with van der Waals surface area (Å²) in [6.07, 6.45) is 0. The van der Waals surface area contributed by atoms with Gasteiger partial charge in [0.05, 0.1) is 16.7 Å². The van der Waals surface area contributed by atoms with Gasteiger partial charge in [-0.05, 0) is 81.1 Å². The van der Waals surface area contributed by atoms with Gasteiger partial charge in [0.1, 0.15) is 0 Å². The lowest BCUT2D eigenvalue weighted by Gasteiger charge is -2.22. The Hall–Kier alpha value is -7.17. The molecular weight excluding hydrogens is 681 g/mol. The van der Waals surface area contributed by atoms with E-state index in [0.717, 1.165) is 33.5 Å². The highest BCUT2D eigenvalue weighted by molar-refractivity contribution is 6.12. The molecule has 1 aliphatic carbocycles. The zero-order valence-corrected chi connectivity index (χ0v) is 31.1. The van der Waals surface area contributed by atoms with Crippen LogP contribution in [0.4, 0.5) is 0 Å². The highest BCUT2D eigenvalue weighted by Gasteiger charge is 2.36. The quantitative estimate of drug-likeness (QED) is 0.178. The molecule has 0 fully saturated rings. The van der Waals surface area contributed by atoms with Crippen LogP contribution < -0.4 is 0 Å². The Balaban J connectivity index is 1.19. The minimum absolute atomic E-state index is 0.127. The zero-order valence-electron chi connectivity index (χ0n) is 31.1. The van der Waals surface area contributed by atoms with Gasteiger partial charge in [0, 0.05) is 38.4 Å². The second-order valence-corrected chi connectivity index (χ2v) is 15.3. The van der Waals surface area contributed by atoms with Crippen molar-refractivity contribution in [1.82, 2.24) is 19.5 Å². The van der Waals surface area contributed by atoms with Crippen molar-refractivity contribution in [2.45, 2.75) is 19.3 Å². The number of fused-ring (bicyclic) bond motifs is 7. The van der Waals surface area contributed by atoms with E-state index in [2.05, 4.69) is 164 Å². The summed E-state index contributed by atoms with van der Waals surface area (Å²) >= 11 is 0. The summed E-state index contributed by atoms with van der Waals surface area (Å²) in [4.78, 5) is 15.2. The molecular formula is C52H36N4. The van der Waals surface area contributed by atoms with Crippen molar-refractivity contribution in [3.63, 3.8) is 0 Å².